The minimum absolute atomic E-state index is 0. The van der Waals surface area contributed by atoms with Gasteiger partial charge in [-0.1, -0.05) is 12.1 Å². The number of fused-ring (bicyclic) bond motifs is 1. The van der Waals surface area contributed by atoms with Crippen LogP contribution in [0.5, 0.6) is 0 Å². The Bertz CT molecular complexity index is 605. The van der Waals surface area contributed by atoms with Crippen LogP contribution in [0.25, 0.3) is 10.9 Å². The first kappa shape index (κ1) is 16.2. The molecule has 0 amide bonds. The van der Waals surface area contributed by atoms with Gasteiger partial charge in [0.15, 0.2) is 0 Å². The predicted octanol–water partition coefficient (Wildman–Crippen LogP) is 1.63. The average Bonchev–Trinajstić information content (AvgIpc) is 2.85. The summed E-state index contributed by atoms with van der Waals surface area (Å²) >= 11 is 0. The monoisotopic (exact) mass is 307 g/mol. The van der Waals surface area contributed by atoms with Crippen LogP contribution in [-0.2, 0) is 6.54 Å². The lowest BCUT2D eigenvalue weighted by Crippen LogP contribution is -2.30. The summed E-state index contributed by atoms with van der Waals surface area (Å²) in [4.78, 5) is 4.41. The van der Waals surface area contributed by atoms with Crippen LogP contribution in [0.4, 0.5) is 0 Å². The van der Waals surface area contributed by atoms with Gasteiger partial charge < -0.3 is 15.7 Å². The first-order valence-corrected chi connectivity index (χ1v) is 7.18. The second kappa shape index (κ2) is 7.18. The fourth-order valence-electron chi connectivity index (χ4n) is 2.88. The predicted molar refractivity (Wildman–Crippen MR) is 87.8 cm³/mol. The van der Waals surface area contributed by atoms with Crippen molar-refractivity contribution in [1.29, 1.82) is 0 Å². The maximum absolute atomic E-state index is 9.76. The molecule has 0 aliphatic carbocycles. The maximum atomic E-state index is 9.76. The molecule has 0 saturated carbocycles. The van der Waals surface area contributed by atoms with Gasteiger partial charge >= 0.3 is 0 Å². The van der Waals surface area contributed by atoms with E-state index in [0.717, 1.165) is 25.2 Å². The Labute approximate surface area is 131 Å². The number of hydrogen-bond donors (Lipinski definition) is 3. The fraction of sp³-hybridized carbons (Fsp3) is 0.438. The van der Waals surface area contributed by atoms with Gasteiger partial charge in [0.25, 0.3) is 0 Å². The topological polar surface area (TPSA) is 57.2 Å². The van der Waals surface area contributed by atoms with Gasteiger partial charge in [-0.25, -0.2) is 0 Å². The molecule has 4 nitrogen and oxygen atoms in total. The molecule has 3 rings (SSSR count). The van der Waals surface area contributed by atoms with E-state index < -0.39 is 0 Å². The molecular formula is C16H22ClN3O. The number of halogens is 1. The molecule has 1 aromatic carbocycles. The Morgan fingerprint density at radius 3 is 3.00 bits per heavy atom. The molecule has 2 aromatic rings. The third-order valence-electron chi connectivity index (χ3n) is 4.00. The Kier molecular flexibility index (Phi) is 5.53. The number of nitrogens with one attached hydrogen (secondary N) is 2. The van der Waals surface area contributed by atoms with E-state index in [1.165, 1.54) is 16.5 Å². The van der Waals surface area contributed by atoms with E-state index in [9.17, 15) is 5.11 Å². The van der Waals surface area contributed by atoms with E-state index in [4.69, 9.17) is 0 Å². The molecule has 1 aromatic heterocycles. The van der Waals surface area contributed by atoms with Crippen molar-refractivity contribution in [3.05, 3.63) is 41.6 Å². The molecule has 21 heavy (non-hydrogen) atoms. The van der Waals surface area contributed by atoms with Crippen molar-refractivity contribution in [2.24, 2.45) is 5.92 Å². The molecule has 2 atom stereocenters. The van der Waals surface area contributed by atoms with Crippen LogP contribution in [0.3, 0.4) is 0 Å². The smallest absolute Gasteiger partial charge is 0.0731 e. The number of nitrogens with zero attached hydrogens (tertiary/aromatic N) is 1. The molecule has 114 valence electrons. The molecule has 2 heterocycles. The first-order chi connectivity index (χ1) is 9.74. The number of pyridine rings is 1. The first-order valence-electron chi connectivity index (χ1n) is 7.18. The van der Waals surface area contributed by atoms with Gasteiger partial charge in [0, 0.05) is 43.7 Å². The number of rotatable bonds is 4. The third-order valence-corrected chi connectivity index (χ3v) is 4.00. The van der Waals surface area contributed by atoms with Crippen molar-refractivity contribution < 1.29 is 5.11 Å². The second-order valence-corrected chi connectivity index (χ2v) is 5.60. The Morgan fingerprint density at radius 1 is 1.38 bits per heavy atom. The van der Waals surface area contributed by atoms with Crippen LogP contribution >= 0.6 is 12.4 Å². The van der Waals surface area contributed by atoms with Gasteiger partial charge in [-0.05, 0) is 30.2 Å². The molecule has 1 aliphatic rings. The van der Waals surface area contributed by atoms with Crippen LogP contribution in [0.2, 0.25) is 0 Å². The highest BCUT2D eigenvalue weighted by Gasteiger charge is 2.23. The number of hydrogen-bond acceptors (Lipinski definition) is 4. The number of aromatic nitrogens is 1. The van der Waals surface area contributed by atoms with Crippen molar-refractivity contribution in [3.63, 3.8) is 0 Å². The molecule has 1 saturated heterocycles. The summed E-state index contributed by atoms with van der Waals surface area (Å²) in [6.07, 6.45) is 1.62. The van der Waals surface area contributed by atoms with Crippen molar-refractivity contribution >= 4 is 23.3 Å². The lowest BCUT2D eigenvalue weighted by molar-refractivity contribution is 0.146. The summed E-state index contributed by atoms with van der Waals surface area (Å²) in [7, 11) is 0. The van der Waals surface area contributed by atoms with E-state index in [2.05, 4.69) is 40.7 Å². The highest BCUT2D eigenvalue weighted by atomic mass is 35.5. The fourth-order valence-corrected chi connectivity index (χ4v) is 2.88. The average molecular weight is 308 g/mol. The van der Waals surface area contributed by atoms with Gasteiger partial charge in [-0.2, -0.15) is 0 Å². The van der Waals surface area contributed by atoms with E-state index in [1.54, 1.807) is 0 Å². The molecule has 5 heteroatoms. The van der Waals surface area contributed by atoms with Crippen molar-refractivity contribution in [1.82, 2.24) is 15.6 Å². The summed E-state index contributed by atoms with van der Waals surface area (Å²) < 4.78 is 0. The van der Waals surface area contributed by atoms with Gasteiger partial charge in [0.05, 0.1) is 11.6 Å². The number of β-amino-alcohol motifs (C(OH)–C–C–N with tert-alkyl or cyclic N) is 1. The van der Waals surface area contributed by atoms with Crippen LogP contribution < -0.4 is 10.6 Å². The molecule has 0 bridgehead atoms. The lowest BCUT2D eigenvalue weighted by Gasteiger charge is -2.14. The highest BCUT2D eigenvalue weighted by Crippen LogP contribution is 2.18. The summed E-state index contributed by atoms with van der Waals surface area (Å²) in [5.41, 5.74) is 3.55. The molecule has 0 spiro atoms. The van der Waals surface area contributed by atoms with E-state index in [-0.39, 0.29) is 18.5 Å². The van der Waals surface area contributed by atoms with Gasteiger partial charge in [-0.15, -0.1) is 12.4 Å². The largest absolute Gasteiger partial charge is 0.391 e. The lowest BCUT2D eigenvalue weighted by atomic mass is 10.0. The highest BCUT2D eigenvalue weighted by molar-refractivity contribution is 5.85. The maximum Gasteiger partial charge on any atom is 0.0731 e. The Morgan fingerprint density at radius 2 is 2.24 bits per heavy atom. The van der Waals surface area contributed by atoms with Crippen molar-refractivity contribution in [2.45, 2.75) is 19.6 Å². The second-order valence-electron chi connectivity index (χ2n) is 5.60. The van der Waals surface area contributed by atoms with Gasteiger partial charge in [0.1, 0.15) is 0 Å². The van der Waals surface area contributed by atoms with Crippen molar-refractivity contribution in [2.75, 3.05) is 19.6 Å². The van der Waals surface area contributed by atoms with Crippen molar-refractivity contribution in [3.8, 4) is 0 Å². The summed E-state index contributed by atoms with van der Waals surface area (Å²) in [6.45, 7) is 5.39. The zero-order chi connectivity index (χ0) is 13.9. The third kappa shape index (κ3) is 3.71. The Balaban J connectivity index is 0.00000161. The Hall–Kier alpha value is -1.20. The van der Waals surface area contributed by atoms with Crippen LogP contribution in [0.1, 0.15) is 11.1 Å². The minimum atomic E-state index is -0.218. The van der Waals surface area contributed by atoms with Crippen LogP contribution in [0, 0.1) is 12.8 Å². The number of aryl methyl sites for hydroxylation is 1. The zero-order valence-electron chi connectivity index (χ0n) is 12.2. The molecule has 3 N–H and O–H groups in total. The minimum Gasteiger partial charge on any atom is -0.391 e. The molecule has 0 radical (unpaired) electrons. The zero-order valence-corrected chi connectivity index (χ0v) is 13.0. The summed E-state index contributed by atoms with van der Waals surface area (Å²) in [6, 6.07) is 8.44. The number of benzene rings is 1. The molecule has 2 unspecified atom stereocenters. The van der Waals surface area contributed by atoms with Crippen LogP contribution in [-0.4, -0.2) is 35.8 Å². The molecular weight excluding hydrogens is 286 g/mol. The van der Waals surface area contributed by atoms with Crippen LogP contribution in [0.15, 0.2) is 30.5 Å². The van der Waals surface area contributed by atoms with E-state index >= 15 is 0 Å². The summed E-state index contributed by atoms with van der Waals surface area (Å²) in [5.74, 6) is 0.318. The number of aliphatic hydroxyl groups is 1. The van der Waals surface area contributed by atoms with Gasteiger partial charge in [-0.3, -0.25) is 4.98 Å². The summed E-state index contributed by atoms with van der Waals surface area (Å²) in [5, 5.41) is 17.6. The van der Waals surface area contributed by atoms with E-state index in [1.807, 2.05) is 12.3 Å². The van der Waals surface area contributed by atoms with E-state index in [0.29, 0.717) is 12.5 Å². The number of aliphatic hydroxyl groups excluding tert-OH is 1. The van der Waals surface area contributed by atoms with Gasteiger partial charge in [0.2, 0.25) is 0 Å². The normalized spacial score (nSPS) is 21.4. The quantitative estimate of drug-likeness (QED) is 0.804. The molecule has 1 aliphatic heterocycles. The molecule has 1 fully saturated rings. The SMILES string of the molecule is Cc1cc(CNCC2CNCC2O)cc2cccnc12.Cl. The standard InChI is InChI=1S/C16H21N3O.ClH/c1-11-5-12(6-13-3-2-4-19-16(11)13)7-17-8-14-9-18-10-15(14)20;/h2-6,14-15,17-18,20H,7-10H2,1H3;1H.